The summed E-state index contributed by atoms with van der Waals surface area (Å²) in [6.07, 6.45) is 1.65. The first-order chi connectivity index (χ1) is 7.63. The Labute approximate surface area is 98.3 Å². The molecule has 16 heavy (non-hydrogen) atoms. The Morgan fingerprint density at radius 3 is 2.94 bits per heavy atom. The molecule has 0 atom stereocenters. The molecule has 0 unspecified atom stereocenters. The maximum Gasteiger partial charge on any atom is 0.238 e. The van der Waals surface area contributed by atoms with E-state index in [1.165, 1.54) is 18.2 Å². The second-order valence-corrected chi connectivity index (χ2v) is 3.50. The van der Waals surface area contributed by atoms with E-state index in [1.807, 2.05) is 0 Å². The zero-order valence-corrected chi connectivity index (χ0v) is 9.35. The Balaban J connectivity index is 2.49. The molecule has 0 saturated heterocycles. The molecule has 2 N–H and O–H groups in total. The number of hydrogen-bond acceptors (Lipinski definition) is 2. The monoisotopic (exact) mass is 242 g/mol. The average molecular weight is 243 g/mol. The fraction of sp³-hybridized carbons (Fsp3) is 0.182. The van der Waals surface area contributed by atoms with E-state index in [4.69, 9.17) is 11.6 Å². The molecule has 5 heteroatoms. The maximum atomic E-state index is 12.8. The van der Waals surface area contributed by atoms with Gasteiger partial charge in [-0.25, -0.2) is 4.39 Å². The zero-order chi connectivity index (χ0) is 12.0. The van der Waals surface area contributed by atoms with Gasteiger partial charge in [0.25, 0.3) is 0 Å². The van der Waals surface area contributed by atoms with Crippen molar-refractivity contribution in [2.75, 3.05) is 18.4 Å². The molecule has 1 aromatic rings. The predicted octanol–water partition coefficient (Wildman–Crippen LogP) is 2.19. The summed E-state index contributed by atoms with van der Waals surface area (Å²) in [4.78, 5) is 11.3. The first-order valence-corrected chi connectivity index (χ1v) is 5.08. The summed E-state index contributed by atoms with van der Waals surface area (Å²) in [5.41, 5.74) is 0.469. The predicted molar refractivity (Wildman–Crippen MR) is 63.1 cm³/mol. The van der Waals surface area contributed by atoms with Crippen LogP contribution in [0.4, 0.5) is 10.1 Å². The fourth-order valence-electron chi connectivity index (χ4n) is 1.07. The van der Waals surface area contributed by atoms with Crippen molar-refractivity contribution in [3.8, 4) is 0 Å². The topological polar surface area (TPSA) is 41.1 Å². The van der Waals surface area contributed by atoms with Crippen molar-refractivity contribution in [3.05, 3.63) is 41.7 Å². The molecule has 0 aromatic heterocycles. The Bertz CT molecular complexity index is 396. The van der Waals surface area contributed by atoms with Crippen molar-refractivity contribution < 1.29 is 9.18 Å². The molecule has 0 heterocycles. The molecular weight excluding hydrogens is 231 g/mol. The summed E-state index contributed by atoms with van der Waals surface area (Å²) >= 11 is 5.57. The number of amides is 1. The van der Waals surface area contributed by atoms with E-state index < -0.39 is 5.82 Å². The lowest BCUT2D eigenvalue weighted by Gasteiger charge is -2.06. The fourth-order valence-corrected chi connectivity index (χ4v) is 1.25. The number of nitrogens with one attached hydrogen (secondary N) is 2. The molecule has 86 valence electrons. The van der Waals surface area contributed by atoms with Gasteiger partial charge in [0.2, 0.25) is 5.91 Å². The summed E-state index contributed by atoms with van der Waals surface area (Å²) in [7, 11) is 0. The highest BCUT2D eigenvalue weighted by molar-refractivity contribution is 6.31. The lowest BCUT2D eigenvalue weighted by atomic mass is 10.3. The van der Waals surface area contributed by atoms with Gasteiger partial charge in [0, 0.05) is 12.2 Å². The number of carbonyl (C=O) groups excluding carboxylic acids is 1. The van der Waals surface area contributed by atoms with E-state index in [0.29, 0.717) is 12.2 Å². The summed E-state index contributed by atoms with van der Waals surface area (Å²) in [6.45, 7) is 4.23. The van der Waals surface area contributed by atoms with Gasteiger partial charge in [-0.15, -0.1) is 6.58 Å². The molecule has 0 spiro atoms. The Morgan fingerprint density at radius 2 is 2.31 bits per heavy atom. The van der Waals surface area contributed by atoms with Gasteiger partial charge in [-0.1, -0.05) is 17.7 Å². The molecule has 0 fully saturated rings. The van der Waals surface area contributed by atoms with E-state index in [2.05, 4.69) is 17.2 Å². The van der Waals surface area contributed by atoms with Gasteiger partial charge >= 0.3 is 0 Å². The van der Waals surface area contributed by atoms with Gasteiger partial charge in [0.1, 0.15) is 5.82 Å². The molecule has 0 radical (unpaired) electrons. The van der Waals surface area contributed by atoms with Crippen LogP contribution in [0, 0.1) is 5.82 Å². The second-order valence-electron chi connectivity index (χ2n) is 3.10. The largest absolute Gasteiger partial charge is 0.325 e. The summed E-state index contributed by atoms with van der Waals surface area (Å²) in [6, 6.07) is 4.02. The lowest BCUT2D eigenvalue weighted by Crippen LogP contribution is -2.28. The van der Waals surface area contributed by atoms with Crippen molar-refractivity contribution in [2.24, 2.45) is 0 Å². The number of carbonyl (C=O) groups is 1. The average Bonchev–Trinajstić information content (AvgIpc) is 2.24. The van der Waals surface area contributed by atoms with Gasteiger partial charge in [0.05, 0.1) is 11.6 Å². The normalized spacial score (nSPS) is 9.88. The van der Waals surface area contributed by atoms with E-state index in [0.717, 1.165) is 0 Å². The number of hydrogen-bond donors (Lipinski definition) is 2. The maximum absolute atomic E-state index is 12.8. The van der Waals surface area contributed by atoms with Gasteiger partial charge in [-0.3, -0.25) is 4.79 Å². The van der Waals surface area contributed by atoms with Crippen LogP contribution >= 0.6 is 11.6 Å². The third kappa shape index (κ3) is 4.00. The Kier molecular flexibility index (Phi) is 4.95. The molecule has 1 rings (SSSR count). The highest BCUT2D eigenvalue weighted by Crippen LogP contribution is 2.18. The van der Waals surface area contributed by atoms with Crippen molar-refractivity contribution in [1.29, 1.82) is 0 Å². The number of rotatable bonds is 5. The lowest BCUT2D eigenvalue weighted by molar-refractivity contribution is -0.115. The highest BCUT2D eigenvalue weighted by Gasteiger charge is 2.04. The molecule has 3 nitrogen and oxygen atoms in total. The summed E-state index contributed by atoms with van der Waals surface area (Å²) < 4.78 is 12.8. The van der Waals surface area contributed by atoms with Crippen LogP contribution in [0.15, 0.2) is 30.9 Å². The minimum Gasteiger partial charge on any atom is -0.325 e. The van der Waals surface area contributed by atoms with E-state index in [-0.39, 0.29) is 17.5 Å². The summed E-state index contributed by atoms with van der Waals surface area (Å²) in [5.74, 6) is -0.728. The second kappa shape index (κ2) is 6.25. The smallest absolute Gasteiger partial charge is 0.238 e. The van der Waals surface area contributed by atoms with Crippen LogP contribution in [-0.2, 0) is 4.79 Å². The number of anilines is 1. The third-order valence-corrected chi connectivity index (χ3v) is 2.07. The molecule has 0 aliphatic rings. The van der Waals surface area contributed by atoms with Crippen LogP contribution in [0.1, 0.15) is 0 Å². The van der Waals surface area contributed by atoms with Gasteiger partial charge in [0.15, 0.2) is 0 Å². The van der Waals surface area contributed by atoms with Crippen molar-refractivity contribution >= 4 is 23.2 Å². The standard InChI is InChI=1S/C11H12ClFN2O/c1-2-5-14-7-11(16)15-8-3-4-10(13)9(12)6-8/h2-4,6,14H,1,5,7H2,(H,15,16). The third-order valence-electron chi connectivity index (χ3n) is 1.78. The van der Waals surface area contributed by atoms with E-state index in [9.17, 15) is 9.18 Å². The minimum atomic E-state index is -0.510. The van der Waals surface area contributed by atoms with E-state index >= 15 is 0 Å². The molecule has 0 aliphatic heterocycles. The number of benzene rings is 1. The highest BCUT2D eigenvalue weighted by atomic mass is 35.5. The zero-order valence-electron chi connectivity index (χ0n) is 8.59. The molecular formula is C11H12ClFN2O. The first kappa shape index (κ1) is 12.7. The molecule has 0 aliphatic carbocycles. The molecule has 1 amide bonds. The molecule has 1 aromatic carbocycles. The Morgan fingerprint density at radius 1 is 1.56 bits per heavy atom. The number of halogens is 2. The molecule has 0 saturated carbocycles. The van der Waals surface area contributed by atoms with Crippen LogP contribution < -0.4 is 10.6 Å². The molecule has 0 bridgehead atoms. The van der Waals surface area contributed by atoms with Crippen molar-refractivity contribution in [3.63, 3.8) is 0 Å². The first-order valence-electron chi connectivity index (χ1n) is 4.70. The van der Waals surface area contributed by atoms with Crippen molar-refractivity contribution in [2.45, 2.75) is 0 Å². The summed E-state index contributed by atoms with van der Waals surface area (Å²) in [5, 5.41) is 5.41. The van der Waals surface area contributed by atoms with Crippen molar-refractivity contribution in [1.82, 2.24) is 5.32 Å². The van der Waals surface area contributed by atoms with Crippen LogP contribution in [0.3, 0.4) is 0 Å². The van der Waals surface area contributed by atoms with Gasteiger partial charge in [-0.2, -0.15) is 0 Å². The van der Waals surface area contributed by atoms with Crippen LogP contribution in [-0.4, -0.2) is 19.0 Å². The quantitative estimate of drug-likeness (QED) is 0.614. The van der Waals surface area contributed by atoms with Gasteiger partial charge < -0.3 is 10.6 Å². The SMILES string of the molecule is C=CCNCC(=O)Nc1ccc(F)c(Cl)c1. The van der Waals surface area contributed by atoms with Crippen LogP contribution in [0.5, 0.6) is 0 Å². The van der Waals surface area contributed by atoms with Crippen LogP contribution in [0.25, 0.3) is 0 Å². The van der Waals surface area contributed by atoms with E-state index in [1.54, 1.807) is 6.08 Å². The minimum absolute atomic E-state index is 0.0168. The van der Waals surface area contributed by atoms with Gasteiger partial charge in [-0.05, 0) is 18.2 Å². The Hall–Kier alpha value is -1.39. The van der Waals surface area contributed by atoms with Crippen LogP contribution in [0.2, 0.25) is 5.02 Å².